The lowest BCUT2D eigenvalue weighted by molar-refractivity contribution is -0.137. The van der Waals surface area contributed by atoms with Crippen LogP contribution in [0.4, 0.5) is 5.69 Å². The van der Waals surface area contributed by atoms with E-state index in [0.717, 1.165) is 46.3 Å². The molecule has 0 unspecified atom stereocenters. The summed E-state index contributed by atoms with van der Waals surface area (Å²) >= 11 is 0. The molecule has 5 heteroatoms. The van der Waals surface area contributed by atoms with Crippen molar-refractivity contribution in [1.82, 2.24) is 10.2 Å². The van der Waals surface area contributed by atoms with Crippen molar-refractivity contribution in [1.29, 1.82) is 0 Å². The van der Waals surface area contributed by atoms with Gasteiger partial charge in [0.2, 0.25) is 0 Å². The zero-order valence-corrected chi connectivity index (χ0v) is 12.8. The Morgan fingerprint density at radius 2 is 2.27 bits per heavy atom. The maximum absolute atomic E-state index is 11.9. The number of benzene rings is 1. The molecule has 114 valence electrons. The number of nitrogens with zero attached hydrogens (tertiary/aromatic N) is 1. The van der Waals surface area contributed by atoms with Gasteiger partial charge in [0.25, 0.3) is 0 Å². The summed E-state index contributed by atoms with van der Waals surface area (Å²) in [7, 11) is 0. The average molecular weight is 297 g/mol. The van der Waals surface area contributed by atoms with Gasteiger partial charge in [0.15, 0.2) is 0 Å². The Labute approximate surface area is 129 Å². The number of carbonyl (C=O) groups excluding carboxylic acids is 1. The number of esters is 1. The van der Waals surface area contributed by atoms with Gasteiger partial charge in [0.1, 0.15) is 0 Å². The normalized spacial score (nSPS) is 15.4. The molecule has 5 nitrogen and oxygen atoms in total. The SMILES string of the molecule is CCCCOC(=O)/C=C1\C=C(C)Nc2c1ccc1cn[nH]c21. The number of aromatic nitrogens is 2. The third-order valence-corrected chi connectivity index (χ3v) is 3.64. The Bertz CT molecular complexity index is 771. The highest BCUT2D eigenvalue weighted by Crippen LogP contribution is 2.36. The van der Waals surface area contributed by atoms with Crippen molar-refractivity contribution in [2.75, 3.05) is 11.9 Å². The van der Waals surface area contributed by atoms with Crippen LogP contribution in [0.1, 0.15) is 32.3 Å². The third-order valence-electron chi connectivity index (χ3n) is 3.64. The van der Waals surface area contributed by atoms with Crippen LogP contribution in [0.25, 0.3) is 16.5 Å². The minimum absolute atomic E-state index is 0.301. The second-order valence-corrected chi connectivity index (χ2v) is 5.40. The van der Waals surface area contributed by atoms with E-state index in [1.54, 1.807) is 12.3 Å². The van der Waals surface area contributed by atoms with E-state index in [1.807, 2.05) is 25.1 Å². The fourth-order valence-electron chi connectivity index (χ4n) is 2.53. The molecule has 1 aromatic carbocycles. The lowest BCUT2D eigenvalue weighted by Crippen LogP contribution is -2.08. The number of hydrogen-bond acceptors (Lipinski definition) is 4. The first-order valence-corrected chi connectivity index (χ1v) is 7.49. The molecule has 1 aromatic heterocycles. The quantitative estimate of drug-likeness (QED) is 0.514. The topological polar surface area (TPSA) is 67.0 Å². The Morgan fingerprint density at radius 3 is 3.09 bits per heavy atom. The van der Waals surface area contributed by atoms with Gasteiger partial charge >= 0.3 is 5.97 Å². The maximum Gasteiger partial charge on any atom is 0.331 e. The van der Waals surface area contributed by atoms with Gasteiger partial charge < -0.3 is 10.1 Å². The first kappa shape index (κ1) is 14.4. The van der Waals surface area contributed by atoms with E-state index < -0.39 is 0 Å². The van der Waals surface area contributed by atoms with Gasteiger partial charge in [-0.15, -0.1) is 0 Å². The molecule has 2 heterocycles. The molecule has 0 atom stereocenters. The number of anilines is 1. The van der Waals surface area contributed by atoms with Crippen LogP contribution in [0.5, 0.6) is 0 Å². The number of rotatable bonds is 4. The van der Waals surface area contributed by atoms with Crippen LogP contribution in [0.3, 0.4) is 0 Å². The molecule has 22 heavy (non-hydrogen) atoms. The second-order valence-electron chi connectivity index (χ2n) is 5.40. The standard InChI is InChI=1S/C17H19N3O2/c1-3-4-7-22-15(21)9-13-8-11(2)19-17-14(13)6-5-12-10-18-20-16(12)17/h5-6,8-10,19H,3-4,7H2,1-2H3,(H,18,20)/b13-9+. The molecule has 0 bridgehead atoms. The Balaban J connectivity index is 1.95. The smallest absolute Gasteiger partial charge is 0.331 e. The minimum atomic E-state index is -0.301. The van der Waals surface area contributed by atoms with E-state index >= 15 is 0 Å². The van der Waals surface area contributed by atoms with E-state index in [1.165, 1.54) is 0 Å². The van der Waals surface area contributed by atoms with Crippen molar-refractivity contribution in [2.24, 2.45) is 0 Å². The van der Waals surface area contributed by atoms with Crippen molar-refractivity contribution in [3.05, 3.63) is 41.7 Å². The fourth-order valence-corrected chi connectivity index (χ4v) is 2.53. The molecule has 0 radical (unpaired) electrons. The molecular formula is C17H19N3O2. The summed E-state index contributed by atoms with van der Waals surface area (Å²) < 4.78 is 5.22. The number of allylic oxidation sites excluding steroid dienone is 3. The summed E-state index contributed by atoms with van der Waals surface area (Å²) in [6.07, 6.45) is 7.18. The summed E-state index contributed by atoms with van der Waals surface area (Å²) in [4.78, 5) is 11.9. The summed E-state index contributed by atoms with van der Waals surface area (Å²) in [5, 5.41) is 11.5. The van der Waals surface area contributed by atoms with Crippen molar-refractivity contribution in [3.8, 4) is 0 Å². The van der Waals surface area contributed by atoms with Gasteiger partial charge in [0, 0.05) is 22.7 Å². The zero-order chi connectivity index (χ0) is 15.5. The average Bonchev–Trinajstić information content (AvgIpc) is 2.96. The lowest BCUT2D eigenvalue weighted by atomic mass is 9.97. The van der Waals surface area contributed by atoms with Gasteiger partial charge in [-0.2, -0.15) is 5.10 Å². The van der Waals surface area contributed by atoms with Crippen LogP contribution in [0.15, 0.2) is 36.2 Å². The number of unbranched alkanes of at least 4 members (excludes halogenated alkanes) is 1. The van der Waals surface area contributed by atoms with Crippen LogP contribution in [0, 0.1) is 0 Å². The summed E-state index contributed by atoms with van der Waals surface area (Å²) in [6.45, 7) is 4.50. The third kappa shape index (κ3) is 2.74. The lowest BCUT2D eigenvalue weighted by Gasteiger charge is -2.20. The summed E-state index contributed by atoms with van der Waals surface area (Å²) in [6, 6.07) is 3.98. The Hall–Kier alpha value is -2.56. The Kier molecular flexibility index (Phi) is 3.96. The number of aromatic amines is 1. The number of hydrogen-bond donors (Lipinski definition) is 2. The molecule has 0 spiro atoms. The molecule has 0 amide bonds. The molecule has 0 fully saturated rings. The molecule has 0 saturated heterocycles. The monoisotopic (exact) mass is 297 g/mol. The van der Waals surface area contributed by atoms with Crippen molar-refractivity contribution >= 4 is 28.1 Å². The van der Waals surface area contributed by atoms with Gasteiger partial charge in [-0.25, -0.2) is 4.79 Å². The molecule has 2 aromatic rings. The fraction of sp³-hybridized carbons (Fsp3) is 0.294. The Morgan fingerprint density at radius 1 is 1.41 bits per heavy atom. The summed E-state index contributed by atoms with van der Waals surface area (Å²) in [5.41, 5.74) is 4.68. The largest absolute Gasteiger partial charge is 0.463 e. The second kappa shape index (κ2) is 6.05. The van der Waals surface area contributed by atoms with E-state index in [2.05, 4.69) is 22.4 Å². The molecule has 2 N–H and O–H groups in total. The molecule has 0 saturated carbocycles. The van der Waals surface area contributed by atoms with Gasteiger partial charge in [-0.05, 0) is 25.0 Å². The first-order valence-electron chi connectivity index (χ1n) is 7.49. The molecule has 0 aliphatic carbocycles. The van der Waals surface area contributed by atoms with Gasteiger partial charge in [-0.3, -0.25) is 5.10 Å². The highest BCUT2D eigenvalue weighted by molar-refractivity contribution is 6.04. The van der Waals surface area contributed by atoms with E-state index in [0.29, 0.717) is 6.61 Å². The van der Waals surface area contributed by atoms with Gasteiger partial charge in [0.05, 0.1) is 24.0 Å². The number of carbonyl (C=O) groups is 1. The molecule has 1 aliphatic rings. The molecular weight excluding hydrogens is 278 g/mol. The molecule has 3 rings (SSSR count). The first-order chi connectivity index (χ1) is 10.7. The number of fused-ring (bicyclic) bond motifs is 3. The van der Waals surface area contributed by atoms with Crippen LogP contribution >= 0.6 is 0 Å². The summed E-state index contributed by atoms with van der Waals surface area (Å²) in [5.74, 6) is -0.301. The van der Waals surface area contributed by atoms with E-state index in [4.69, 9.17) is 4.74 Å². The highest BCUT2D eigenvalue weighted by atomic mass is 16.5. The van der Waals surface area contributed by atoms with Crippen molar-refractivity contribution < 1.29 is 9.53 Å². The number of H-pyrrole nitrogens is 1. The van der Waals surface area contributed by atoms with Crippen LogP contribution in [0.2, 0.25) is 0 Å². The number of ether oxygens (including phenoxy) is 1. The van der Waals surface area contributed by atoms with E-state index in [-0.39, 0.29) is 5.97 Å². The zero-order valence-electron chi connectivity index (χ0n) is 12.8. The minimum Gasteiger partial charge on any atom is -0.463 e. The van der Waals surface area contributed by atoms with Crippen LogP contribution < -0.4 is 5.32 Å². The highest BCUT2D eigenvalue weighted by Gasteiger charge is 2.17. The number of nitrogens with one attached hydrogen (secondary N) is 2. The predicted molar refractivity (Wildman–Crippen MR) is 87.3 cm³/mol. The maximum atomic E-state index is 11.9. The van der Waals surface area contributed by atoms with E-state index in [9.17, 15) is 4.79 Å². The van der Waals surface area contributed by atoms with Crippen molar-refractivity contribution in [2.45, 2.75) is 26.7 Å². The van der Waals surface area contributed by atoms with Gasteiger partial charge in [-0.1, -0.05) is 25.5 Å². The van der Waals surface area contributed by atoms with Crippen LogP contribution in [-0.2, 0) is 9.53 Å². The van der Waals surface area contributed by atoms with Crippen LogP contribution in [-0.4, -0.2) is 22.8 Å². The van der Waals surface area contributed by atoms with Crippen molar-refractivity contribution in [3.63, 3.8) is 0 Å². The molecule has 1 aliphatic heterocycles. The predicted octanol–water partition coefficient (Wildman–Crippen LogP) is 3.62.